The number of carbonyl (C=O) groups excluding carboxylic acids is 2. The highest BCUT2D eigenvalue weighted by molar-refractivity contribution is 6.01. The standard InChI is InChI=1S/C22H25F2N3O2/c1-4-27-11-10-14-8-9-15(12-18(14)27)25-22(29)20(13(2)3)26-21(28)19-16(23)6-5-7-17(19)24/h5-9,12-13,20H,4,10-11H2,1-3H3,(H,25,29)(H,26,28)/t20-/m0/s1. The Kier molecular flexibility index (Phi) is 6.15. The second-order valence-corrected chi connectivity index (χ2v) is 7.45. The summed E-state index contributed by atoms with van der Waals surface area (Å²) in [6.45, 7) is 7.41. The highest BCUT2D eigenvalue weighted by Crippen LogP contribution is 2.30. The number of hydrogen-bond acceptors (Lipinski definition) is 3. The van der Waals surface area contributed by atoms with Gasteiger partial charge >= 0.3 is 0 Å². The van der Waals surface area contributed by atoms with Crippen molar-refractivity contribution in [1.82, 2.24) is 5.32 Å². The van der Waals surface area contributed by atoms with Gasteiger partial charge in [0.1, 0.15) is 23.2 Å². The van der Waals surface area contributed by atoms with E-state index in [0.29, 0.717) is 5.69 Å². The lowest BCUT2D eigenvalue weighted by atomic mass is 10.0. The Morgan fingerprint density at radius 3 is 2.45 bits per heavy atom. The van der Waals surface area contributed by atoms with Crippen LogP contribution in [0, 0.1) is 17.6 Å². The Hall–Kier alpha value is -2.96. The Morgan fingerprint density at radius 2 is 1.83 bits per heavy atom. The molecule has 0 unspecified atom stereocenters. The first kappa shape index (κ1) is 20.8. The minimum atomic E-state index is -0.969. The molecular weight excluding hydrogens is 376 g/mol. The summed E-state index contributed by atoms with van der Waals surface area (Å²) in [4.78, 5) is 27.5. The molecule has 2 amide bonds. The van der Waals surface area contributed by atoms with Crippen LogP contribution in [-0.4, -0.2) is 30.9 Å². The van der Waals surface area contributed by atoms with Crippen molar-refractivity contribution in [2.45, 2.75) is 33.2 Å². The van der Waals surface area contributed by atoms with Crippen molar-refractivity contribution in [3.63, 3.8) is 0 Å². The molecule has 0 saturated carbocycles. The zero-order valence-corrected chi connectivity index (χ0v) is 16.8. The molecular formula is C22H25F2N3O2. The van der Waals surface area contributed by atoms with Crippen LogP contribution in [0.5, 0.6) is 0 Å². The predicted molar refractivity (Wildman–Crippen MR) is 109 cm³/mol. The second-order valence-electron chi connectivity index (χ2n) is 7.45. The summed E-state index contributed by atoms with van der Waals surface area (Å²) in [5, 5.41) is 5.28. The molecule has 1 atom stereocenters. The van der Waals surface area contributed by atoms with E-state index in [-0.39, 0.29) is 5.92 Å². The molecule has 0 aliphatic carbocycles. The van der Waals surface area contributed by atoms with Gasteiger partial charge in [-0.05, 0) is 49.1 Å². The zero-order chi connectivity index (χ0) is 21.1. The smallest absolute Gasteiger partial charge is 0.257 e. The summed E-state index contributed by atoms with van der Waals surface area (Å²) in [7, 11) is 0. The van der Waals surface area contributed by atoms with Crippen LogP contribution < -0.4 is 15.5 Å². The van der Waals surface area contributed by atoms with Gasteiger partial charge in [0.05, 0.1) is 0 Å². The third-order valence-electron chi connectivity index (χ3n) is 5.15. The highest BCUT2D eigenvalue weighted by Gasteiger charge is 2.28. The maximum Gasteiger partial charge on any atom is 0.257 e. The van der Waals surface area contributed by atoms with E-state index in [2.05, 4.69) is 22.5 Å². The summed E-state index contributed by atoms with van der Waals surface area (Å²) in [5.74, 6) is -3.62. The highest BCUT2D eigenvalue weighted by atomic mass is 19.1. The SMILES string of the molecule is CCN1CCc2ccc(NC(=O)[C@@H](NC(=O)c3c(F)cccc3F)C(C)C)cc21. The number of nitrogens with zero attached hydrogens (tertiary/aromatic N) is 1. The molecule has 0 radical (unpaired) electrons. The molecule has 3 rings (SSSR count). The molecule has 1 aliphatic heterocycles. The molecule has 0 fully saturated rings. The van der Waals surface area contributed by atoms with Gasteiger partial charge in [-0.15, -0.1) is 0 Å². The van der Waals surface area contributed by atoms with Crippen LogP contribution in [0.25, 0.3) is 0 Å². The van der Waals surface area contributed by atoms with E-state index in [9.17, 15) is 18.4 Å². The molecule has 0 aromatic heterocycles. The number of carbonyl (C=O) groups is 2. The summed E-state index contributed by atoms with van der Waals surface area (Å²) in [6.07, 6.45) is 0.969. The molecule has 154 valence electrons. The number of halogens is 2. The van der Waals surface area contributed by atoms with Gasteiger partial charge in [-0.25, -0.2) is 8.78 Å². The van der Waals surface area contributed by atoms with E-state index >= 15 is 0 Å². The molecule has 29 heavy (non-hydrogen) atoms. The van der Waals surface area contributed by atoms with E-state index in [1.54, 1.807) is 13.8 Å². The Labute approximate surface area is 169 Å². The van der Waals surface area contributed by atoms with Gasteiger partial charge in [0.25, 0.3) is 5.91 Å². The molecule has 0 spiro atoms. The van der Waals surface area contributed by atoms with Crippen molar-refractivity contribution < 1.29 is 18.4 Å². The number of anilines is 2. The van der Waals surface area contributed by atoms with Crippen LogP contribution in [0.3, 0.4) is 0 Å². The molecule has 1 aliphatic rings. The largest absolute Gasteiger partial charge is 0.371 e. The lowest BCUT2D eigenvalue weighted by Crippen LogP contribution is -2.47. The van der Waals surface area contributed by atoms with E-state index in [1.165, 1.54) is 11.6 Å². The minimum Gasteiger partial charge on any atom is -0.371 e. The number of fused-ring (bicyclic) bond motifs is 1. The number of benzene rings is 2. The van der Waals surface area contributed by atoms with Crippen molar-refractivity contribution in [2.24, 2.45) is 5.92 Å². The van der Waals surface area contributed by atoms with E-state index in [1.807, 2.05) is 18.2 Å². The van der Waals surface area contributed by atoms with Crippen molar-refractivity contribution in [3.05, 3.63) is 59.2 Å². The van der Waals surface area contributed by atoms with Gasteiger partial charge < -0.3 is 15.5 Å². The number of rotatable bonds is 6. The van der Waals surface area contributed by atoms with Crippen molar-refractivity contribution >= 4 is 23.2 Å². The molecule has 7 heteroatoms. The van der Waals surface area contributed by atoms with Crippen LogP contribution in [-0.2, 0) is 11.2 Å². The topological polar surface area (TPSA) is 61.4 Å². The van der Waals surface area contributed by atoms with E-state index in [0.717, 1.165) is 37.3 Å². The summed E-state index contributed by atoms with van der Waals surface area (Å²) in [6, 6.07) is 7.97. The third kappa shape index (κ3) is 4.39. The molecule has 5 nitrogen and oxygen atoms in total. The van der Waals surface area contributed by atoms with E-state index in [4.69, 9.17) is 0 Å². The van der Waals surface area contributed by atoms with Crippen molar-refractivity contribution in [3.8, 4) is 0 Å². The van der Waals surface area contributed by atoms with Crippen LogP contribution in [0.4, 0.5) is 20.2 Å². The molecule has 2 aromatic rings. The third-order valence-corrected chi connectivity index (χ3v) is 5.15. The fraction of sp³-hybridized carbons (Fsp3) is 0.364. The van der Waals surface area contributed by atoms with Crippen LogP contribution in [0.15, 0.2) is 36.4 Å². The first-order chi connectivity index (χ1) is 13.8. The Bertz CT molecular complexity index is 910. The predicted octanol–water partition coefficient (Wildman–Crippen LogP) is 3.74. The minimum absolute atomic E-state index is 0.282. The molecule has 2 N–H and O–H groups in total. The van der Waals surface area contributed by atoms with Gasteiger partial charge in [-0.3, -0.25) is 9.59 Å². The Morgan fingerprint density at radius 1 is 1.14 bits per heavy atom. The van der Waals surface area contributed by atoms with Gasteiger partial charge in [0, 0.05) is 24.5 Å². The van der Waals surface area contributed by atoms with Crippen molar-refractivity contribution in [1.29, 1.82) is 0 Å². The van der Waals surface area contributed by atoms with Gasteiger partial charge in [0.2, 0.25) is 5.91 Å². The van der Waals surface area contributed by atoms with Crippen molar-refractivity contribution in [2.75, 3.05) is 23.3 Å². The molecule has 0 bridgehead atoms. The normalized spacial score (nSPS) is 13.9. The summed E-state index contributed by atoms with van der Waals surface area (Å²) in [5.41, 5.74) is 2.24. The number of likely N-dealkylation sites (N-methyl/N-ethyl adjacent to an activating group) is 1. The lowest BCUT2D eigenvalue weighted by molar-refractivity contribution is -0.118. The van der Waals surface area contributed by atoms with Gasteiger partial charge in [-0.2, -0.15) is 0 Å². The number of hydrogen-bond donors (Lipinski definition) is 2. The average Bonchev–Trinajstić information content (AvgIpc) is 3.08. The summed E-state index contributed by atoms with van der Waals surface area (Å²) >= 11 is 0. The zero-order valence-electron chi connectivity index (χ0n) is 16.8. The fourth-order valence-corrected chi connectivity index (χ4v) is 3.53. The fourth-order valence-electron chi connectivity index (χ4n) is 3.53. The van der Waals surface area contributed by atoms with Gasteiger partial charge in [0.15, 0.2) is 0 Å². The quantitative estimate of drug-likeness (QED) is 0.775. The monoisotopic (exact) mass is 401 g/mol. The number of nitrogens with one attached hydrogen (secondary N) is 2. The maximum absolute atomic E-state index is 13.9. The molecule has 0 saturated heterocycles. The molecule has 2 aromatic carbocycles. The maximum atomic E-state index is 13.9. The van der Waals surface area contributed by atoms with E-state index < -0.39 is 35.1 Å². The van der Waals surface area contributed by atoms with Gasteiger partial charge in [-0.1, -0.05) is 26.0 Å². The first-order valence-electron chi connectivity index (χ1n) is 9.75. The van der Waals surface area contributed by atoms with Crippen LogP contribution in [0.1, 0.15) is 36.7 Å². The van der Waals surface area contributed by atoms with Crippen LogP contribution >= 0.6 is 0 Å². The lowest BCUT2D eigenvalue weighted by Gasteiger charge is -2.23. The molecule has 1 heterocycles. The number of amides is 2. The second kappa shape index (κ2) is 8.59. The first-order valence-corrected chi connectivity index (χ1v) is 9.75. The Balaban J connectivity index is 1.76. The average molecular weight is 401 g/mol. The van der Waals surface area contributed by atoms with Crippen LogP contribution in [0.2, 0.25) is 0 Å². The summed E-state index contributed by atoms with van der Waals surface area (Å²) < 4.78 is 27.8.